The number of hydrogen-bond acceptors (Lipinski definition) is 5. The van der Waals surface area contributed by atoms with Gasteiger partial charge in [-0.25, -0.2) is 9.07 Å². The lowest BCUT2D eigenvalue weighted by Gasteiger charge is -2.11. The molecule has 0 aliphatic heterocycles. The molecule has 0 saturated heterocycles. The molecule has 0 fully saturated rings. The molecule has 0 saturated carbocycles. The SMILES string of the molecule is C[C@@H](Sc1nnc(-c2cccc(F)c2)n1N)C(=O)Nc1cccc(Cl)c1. The second kappa shape index (κ2) is 7.76. The molecule has 9 heteroatoms. The molecular weight excluding hydrogens is 377 g/mol. The maximum absolute atomic E-state index is 13.4. The fourth-order valence-corrected chi connectivity index (χ4v) is 3.16. The number of nitrogen functional groups attached to an aromatic ring is 1. The standard InChI is InChI=1S/C17H15ClFN5OS/c1-10(16(25)21-14-7-3-5-12(18)9-14)26-17-23-22-15(24(17)20)11-4-2-6-13(19)8-11/h2-10H,20H2,1H3,(H,21,25)/t10-/m1/s1. The minimum absolute atomic E-state index is 0.229. The Bertz CT molecular complexity index is 948. The Morgan fingerprint density at radius 1 is 1.27 bits per heavy atom. The normalized spacial score (nSPS) is 12.0. The van der Waals surface area contributed by atoms with Gasteiger partial charge >= 0.3 is 0 Å². The van der Waals surface area contributed by atoms with Crippen LogP contribution in [0.2, 0.25) is 5.02 Å². The van der Waals surface area contributed by atoms with Crippen LogP contribution in [0.1, 0.15) is 6.92 Å². The summed E-state index contributed by atoms with van der Waals surface area (Å²) in [6.45, 7) is 1.72. The number of halogens is 2. The zero-order valence-electron chi connectivity index (χ0n) is 13.7. The molecule has 3 rings (SSSR count). The van der Waals surface area contributed by atoms with Gasteiger partial charge in [0.05, 0.1) is 5.25 Å². The average Bonchev–Trinajstić information content (AvgIpc) is 2.95. The van der Waals surface area contributed by atoms with Gasteiger partial charge in [0.1, 0.15) is 5.82 Å². The zero-order chi connectivity index (χ0) is 18.7. The fraction of sp³-hybridized carbons (Fsp3) is 0.118. The number of benzene rings is 2. The summed E-state index contributed by atoms with van der Waals surface area (Å²) in [4.78, 5) is 12.3. The summed E-state index contributed by atoms with van der Waals surface area (Å²) in [7, 11) is 0. The van der Waals surface area contributed by atoms with Gasteiger partial charge in [0.25, 0.3) is 0 Å². The Morgan fingerprint density at radius 3 is 2.77 bits per heavy atom. The van der Waals surface area contributed by atoms with Crippen molar-refractivity contribution in [1.29, 1.82) is 0 Å². The van der Waals surface area contributed by atoms with Crippen molar-refractivity contribution in [2.75, 3.05) is 11.2 Å². The predicted molar refractivity (Wildman–Crippen MR) is 101 cm³/mol. The van der Waals surface area contributed by atoms with Crippen molar-refractivity contribution in [3.63, 3.8) is 0 Å². The number of nitrogens with two attached hydrogens (primary N) is 1. The third-order valence-corrected chi connectivity index (χ3v) is 4.78. The van der Waals surface area contributed by atoms with E-state index in [0.717, 1.165) is 11.8 Å². The Morgan fingerprint density at radius 2 is 2.04 bits per heavy atom. The summed E-state index contributed by atoms with van der Waals surface area (Å²) in [6.07, 6.45) is 0. The molecule has 0 unspecified atom stereocenters. The van der Waals surface area contributed by atoms with Crippen molar-refractivity contribution in [2.45, 2.75) is 17.3 Å². The highest BCUT2D eigenvalue weighted by Gasteiger charge is 2.20. The second-order valence-corrected chi connectivity index (χ2v) is 7.19. The number of nitrogens with zero attached hydrogens (tertiary/aromatic N) is 3. The van der Waals surface area contributed by atoms with E-state index in [4.69, 9.17) is 17.4 Å². The summed E-state index contributed by atoms with van der Waals surface area (Å²) < 4.78 is 14.6. The van der Waals surface area contributed by atoms with Crippen LogP contribution in [-0.4, -0.2) is 26.0 Å². The summed E-state index contributed by atoms with van der Waals surface area (Å²) in [6, 6.07) is 12.8. The minimum atomic E-state index is -0.485. The lowest BCUT2D eigenvalue weighted by molar-refractivity contribution is -0.115. The van der Waals surface area contributed by atoms with Gasteiger partial charge in [-0.2, -0.15) is 0 Å². The summed E-state index contributed by atoms with van der Waals surface area (Å²) in [5.74, 6) is 5.70. The number of rotatable bonds is 5. The first kappa shape index (κ1) is 18.2. The molecule has 26 heavy (non-hydrogen) atoms. The number of thioether (sulfide) groups is 1. The van der Waals surface area contributed by atoms with Crippen molar-refractivity contribution in [1.82, 2.24) is 14.9 Å². The third kappa shape index (κ3) is 4.14. The molecule has 3 aromatic rings. The number of aromatic nitrogens is 3. The molecule has 134 valence electrons. The Kier molecular flexibility index (Phi) is 5.43. The van der Waals surface area contributed by atoms with Crippen LogP contribution in [0.3, 0.4) is 0 Å². The zero-order valence-corrected chi connectivity index (χ0v) is 15.3. The van der Waals surface area contributed by atoms with Gasteiger partial charge in [0.15, 0.2) is 5.82 Å². The van der Waals surface area contributed by atoms with Gasteiger partial charge in [0.2, 0.25) is 11.1 Å². The first-order valence-electron chi connectivity index (χ1n) is 7.63. The number of carbonyl (C=O) groups is 1. The number of carbonyl (C=O) groups excluding carboxylic acids is 1. The van der Waals surface area contributed by atoms with Crippen molar-refractivity contribution in [2.24, 2.45) is 0 Å². The number of hydrogen-bond donors (Lipinski definition) is 2. The first-order valence-corrected chi connectivity index (χ1v) is 8.89. The molecule has 6 nitrogen and oxygen atoms in total. The van der Waals surface area contributed by atoms with Crippen LogP contribution in [0.25, 0.3) is 11.4 Å². The van der Waals surface area contributed by atoms with Gasteiger partial charge in [0, 0.05) is 16.3 Å². The van der Waals surface area contributed by atoms with E-state index in [0.29, 0.717) is 27.3 Å². The van der Waals surface area contributed by atoms with Crippen LogP contribution in [0.4, 0.5) is 10.1 Å². The lowest BCUT2D eigenvalue weighted by atomic mass is 10.2. The maximum Gasteiger partial charge on any atom is 0.237 e. The average molecular weight is 392 g/mol. The molecule has 1 heterocycles. The van der Waals surface area contributed by atoms with E-state index >= 15 is 0 Å². The number of anilines is 1. The maximum atomic E-state index is 13.4. The van der Waals surface area contributed by atoms with Gasteiger partial charge in [-0.05, 0) is 37.3 Å². The van der Waals surface area contributed by atoms with Crippen molar-refractivity contribution >= 4 is 35.0 Å². The van der Waals surface area contributed by atoms with Crippen molar-refractivity contribution in [3.05, 3.63) is 59.4 Å². The molecule has 0 aliphatic rings. The van der Waals surface area contributed by atoms with E-state index in [1.165, 1.54) is 16.8 Å². The van der Waals surface area contributed by atoms with Gasteiger partial charge in [-0.15, -0.1) is 10.2 Å². The van der Waals surface area contributed by atoms with E-state index in [1.807, 2.05) is 0 Å². The number of nitrogens with one attached hydrogen (secondary N) is 1. The van der Waals surface area contributed by atoms with Gasteiger partial charge in [-0.3, -0.25) is 4.79 Å². The van der Waals surface area contributed by atoms with Crippen LogP contribution < -0.4 is 11.2 Å². The predicted octanol–water partition coefficient (Wildman–Crippen LogP) is 3.57. The smallest absolute Gasteiger partial charge is 0.237 e. The van der Waals surface area contributed by atoms with Crippen LogP contribution in [0, 0.1) is 5.82 Å². The van der Waals surface area contributed by atoms with Gasteiger partial charge in [-0.1, -0.05) is 41.6 Å². The summed E-state index contributed by atoms with van der Waals surface area (Å²) >= 11 is 7.06. The molecule has 0 radical (unpaired) electrons. The molecule has 3 N–H and O–H groups in total. The summed E-state index contributed by atoms with van der Waals surface area (Å²) in [5, 5.41) is 11.1. The highest BCUT2D eigenvalue weighted by atomic mass is 35.5. The molecule has 1 aromatic heterocycles. The topological polar surface area (TPSA) is 85.8 Å². The van der Waals surface area contributed by atoms with E-state index in [-0.39, 0.29) is 5.91 Å². The molecule has 1 amide bonds. The lowest BCUT2D eigenvalue weighted by Crippen LogP contribution is -2.23. The Labute approximate surface area is 158 Å². The fourth-order valence-electron chi connectivity index (χ4n) is 2.20. The molecule has 1 atom stereocenters. The van der Waals surface area contributed by atoms with Crippen molar-refractivity contribution in [3.8, 4) is 11.4 Å². The van der Waals surface area contributed by atoms with Crippen LogP contribution in [-0.2, 0) is 4.79 Å². The number of amides is 1. The van der Waals surface area contributed by atoms with Crippen LogP contribution in [0.15, 0.2) is 53.7 Å². The molecule has 0 bridgehead atoms. The second-order valence-electron chi connectivity index (χ2n) is 5.45. The van der Waals surface area contributed by atoms with Gasteiger partial charge < -0.3 is 11.2 Å². The third-order valence-electron chi connectivity index (χ3n) is 3.49. The van der Waals surface area contributed by atoms with Crippen LogP contribution in [0.5, 0.6) is 0 Å². The highest BCUT2D eigenvalue weighted by Crippen LogP contribution is 2.26. The molecule has 2 aromatic carbocycles. The molecule has 0 spiro atoms. The summed E-state index contributed by atoms with van der Waals surface area (Å²) in [5.41, 5.74) is 1.10. The molecular formula is C17H15ClFN5OS. The van der Waals surface area contributed by atoms with E-state index in [1.54, 1.807) is 43.3 Å². The monoisotopic (exact) mass is 391 g/mol. The van der Waals surface area contributed by atoms with E-state index < -0.39 is 11.1 Å². The van der Waals surface area contributed by atoms with E-state index in [2.05, 4.69) is 15.5 Å². The van der Waals surface area contributed by atoms with Crippen molar-refractivity contribution < 1.29 is 9.18 Å². The Hall–Kier alpha value is -2.58. The highest BCUT2D eigenvalue weighted by molar-refractivity contribution is 8.00. The largest absolute Gasteiger partial charge is 0.335 e. The minimum Gasteiger partial charge on any atom is -0.335 e. The molecule has 0 aliphatic carbocycles. The Balaban J connectivity index is 1.71. The first-order chi connectivity index (χ1) is 12.4. The van der Waals surface area contributed by atoms with E-state index in [9.17, 15) is 9.18 Å². The quantitative estimate of drug-likeness (QED) is 0.513. The van der Waals surface area contributed by atoms with Crippen LogP contribution >= 0.6 is 23.4 Å².